The van der Waals surface area contributed by atoms with Gasteiger partial charge in [-0.05, 0) is 51.7 Å². The number of aromatic nitrogens is 2. The number of halogens is 1. The van der Waals surface area contributed by atoms with Crippen LogP contribution in [-0.4, -0.2) is 67.3 Å². The zero-order chi connectivity index (χ0) is 15.9. The summed E-state index contributed by atoms with van der Waals surface area (Å²) >= 11 is 0. The summed E-state index contributed by atoms with van der Waals surface area (Å²) in [6.07, 6.45) is 5.61. The quantitative estimate of drug-likeness (QED) is 0.869. The van der Waals surface area contributed by atoms with E-state index in [2.05, 4.69) is 25.1 Å². The normalized spacial score (nSPS) is 20.3. The van der Waals surface area contributed by atoms with E-state index in [9.17, 15) is 0 Å². The molecule has 3 heterocycles. The minimum absolute atomic E-state index is 0. The van der Waals surface area contributed by atoms with Crippen molar-refractivity contribution in [2.45, 2.75) is 26.2 Å². The fraction of sp³-hybridized carbons (Fsp3) is 0.765. The molecule has 7 heteroatoms. The van der Waals surface area contributed by atoms with Crippen LogP contribution in [0.25, 0.3) is 0 Å². The maximum atomic E-state index is 5.50. The molecule has 2 aliphatic rings. The molecule has 1 aromatic heterocycles. The first-order chi connectivity index (χ1) is 11.3. The molecule has 0 amide bonds. The van der Waals surface area contributed by atoms with Crippen LogP contribution < -0.4 is 15.0 Å². The number of hydrogen-bond donors (Lipinski definition) is 1. The monoisotopic (exact) mass is 355 g/mol. The van der Waals surface area contributed by atoms with Crippen molar-refractivity contribution in [1.29, 1.82) is 0 Å². The third-order valence-electron chi connectivity index (χ3n) is 4.76. The van der Waals surface area contributed by atoms with E-state index in [1.807, 2.05) is 13.0 Å². The Hall–Kier alpha value is -1.11. The van der Waals surface area contributed by atoms with E-state index in [0.717, 1.165) is 31.5 Å². The molecule has 3 rings (SSSR count). The van der Waals surface area contributed by atoms with Crippen LogP contribution in [0, 0.1) is 5.92 Å². The van der Waals surface area contributed by atoms with Gasteiger partial charge < -0.3 is 19.9 Å². The Morgan fingerprint density at radius 3 is 2.83 bits per heavy atom. The van der Waals surface area contributed by atoms with E-state index in [1.165, 1.54) is 45.4 Å². The molecule has 2 aliphatic heterocycles. The molecular formula is C17H30ClN5O. The van der Waals surface area contributed by atoms with Crippen LogP contribution >= 0.6 is 12.4 Å². The average Bonchev–Trinajstić information content (AvgIpc) is 2.82. The van der Waals surface area contributed by atoms with Crippen molar-refractivity contribution < 1.29 is 4.74 Å². The van der Waals surface area contributed by atoms with Crippen LogP contribution in [0.1, 0.15) is 26.2 Å². The Morgan fingerprint density at radius 1 is 1.21 bits per heavy atom. The number of nitrogens with one attached hydrogen (secondary N) is 1. The van der Waals surface area contributed by atoms with Gasteiger partial charge in [-0.25, -0.2) is 4.98 Å². The average molecular weight is 356 g/mol. The maximum Gasteiger partial charge on any atom is 0.228 e. The van der Waals surface area contributed by atoms with Crippen molar-refractivity contribution in [2.24, 2.45) is 5.92 Å². The van der Waals surface area contributed by atoms with Gasteiger partial charge in [-0.1, -0.05) is 0 Å². The predicted octanol–water partition coefficient (Wildman–Crippen LogP) is 1.81. The van der Waals surface area contributed by atoms with Gasteiger partial charge in [0.05, 0.1) is 6.61 Å². The van der Waals surface area contributed by atoms with Crippen molar-refractivity contribution >= 4 is 18.4 Å². The Bertz CT molecular complexity index is 484. The van der Waals surface area contributed by atoms with Crippen LogP contribution in [0.15, 0.2) is 12.3 Å². The summed E-state index contributed by atoms with van der Waals surface area (Å²) in [7, 11) is 0. The molecule has 0 bridgehead atoms. The molecule has 0 unspecified atom stereocenters. The third kappa shape index (κ3) is 5.46. The smallest absolute Gasteiger partial charge is 0.228 e. The number of ether oxygens (including phenoxy) is 1. The fourth-order valence-electron chi connectivity index (χ4n) is 3.50. The number of hydrogen-bond acceptors (Lipinski definition) is 6. The van der Waals surface area contributed by atoms with E-state index >= 15 is 0 Å². The lowest BCUT2D eigenvalue weighted by molar-refractivity contribution is 0.216. The van der Waals surface area contributed by atoms with Crippen molar-refractivity contribution in [1.82, 2.24) is 20.2 Å². The molecular weight excluding hydrogens is 326 g/mol. The molecule has 0 atom stereocenters. The van der Waals surface area contributed by atoms with Crippen LogP contribution in [0.5, 0.6) is 5.88 Å². The molecule has 1 aromatic rings. The van der Waals surface area contributed by atoms with Crippen molar-refractivity contribution in [2.75, 3.05) is 57.3 Å². The van der Waals surface area contributed by atoms with E-state index in [-0.39, 0.29) is 12.4 Å². The highest BCUT2D eigenvalue weighted by molar-refractivity contribution is 5.85. The number of nitrogens with zero attached hydrogens (tertiary/aromatic N) is 4. The molecule has 0 aliphatic carbocycles. The summed E-state index contributed by atoms with van der Waals surface area (Å²) in [6.45, 7) is 10.5. The molecule has 0 spiro atoms. The molecule has 2 saturated heterocycles. The highest BCUT2D eigenvalue weighted by Crippen LogP contribution is 2.17. The molecule has 6 nitrogen and oxygen atoms in total. The second-order valence-electron chi connectivity index (χ2n) is 6.46. The predicted molar refractivity (Wildman–Crippen MR) is 99.3 cm³/mol. The van der Waals surface area contributed by atoms with E-state index in [0.29, 0.717) is 12.5 Å². The first-order valence-corrected chi connectivity index (χ1v) is 8.99. The lowest BCUT2D eigenvalue weighted by atomic mass is 9.97. The van der Waals surface area contributed by atoms with Gasteiger partial charge in [0, 0.05) is 38.4 Å². The number of rotatable bonds is 5. The van der Waals surface area contributed by atoms with Gasteiger partial charge >= 0.3 is 0 Å². The second-order valence-corrected chi connectivity index (χ2v) is 6.46. The summed E-state index contributed by atoms with van der Waals surface area (Å²) < 4.78 is 5.50. The van der Waals surface area contributed by atoms with Gasteiger partial charge in [0.2, 0.25) is 11.8 Å². The summed E-state index contributed by atoms with van der Waals surface area (Å²) in [4.78, 5) is 13.9. The molecule has 0 aromatic carbocycles. The Balaban J connectivity index is 0.00000208. The summed E-state index contributed by atoms with van der Waals surface area (Å²) in [5, 5.41) is 3.45. The summed E-state index contributed by atoms with van der Waals surface area (Å²) in [6, 6.07) is 1.83. The van der Waals surface area contributed by atoms with Gasteiger partial charge in [-0.2, -0.15) is 4.98 Å². The first-order valence-electron chi connectivity index (χ1n) is 8.99. The third-order valence-corrected chi connectivity index (χ3v) is 4.76. The number of anilines is 1. The minimum atomic E-state index is 0. The summed E-state index contributed by atoms with van der Waals surface area (Å²) in [5.74, 6) is 2.34. The van der Waals surface area contributed by atoms with E-state index < -0.39 is 0 Å². The van der Waals surface area contributed by atoms with Crippen molar-refractivity contribution in [3.05, 3.63) is 12.3 Å². The van der Waals surface area contributed by atoms with E-state index in [4.69, 9.17) is 4.74 Å². The molecule has 1 N–H and O–H groups in total. The molecule has 2 fully saturated rings. The number of piperidine rings is 1. The zero-order valence-corrected chi connectivity index (χ0v) is 15.4. The highest BCUT2D eigenvalue weighted by Gasteiger charge is 2.21. The SMILES string of the molecule is CCOc1ccnc(N2CCCN(CC3CCNCC3)CC2)n1.Cl. The molecule has 0 radical (unpaired) electrons. The van der Waals surface area contributed by atoms with Gasteiger partial charge in [0.1, 0.15) is 0 Å². The van der Waals surface area contributed by atoms with Crippen molar-refractivity contribution in [3.8, 4) is 5.88 Å². The Kier molecular flexibility index (Phi) is 8.02. The molecule has 0 saturated carbocycles. The largest absolute Gasteiger partial charge is 0.478 e. The Labute approximate surface area is 151 Å². The minimum Gasteiger partial charge on any atom is -0.478 e. The summed E-state index contributed by atoms with van der Waals surface area (Å²) in [5.41, 5.74) is 0. The topological polar surface area (TPSA) is 53.5 Å². The van der Waals surface area contributed by atoms with Gasteiger partial charge in [-0.3, -0.25) is 0 Å². The van der Waals surface area contributed by atoms with Crippen LogP contribution in [0.3, 0.4) is 0 Å². The van der Waals surface area contributed by atoms with E-state index in [1.54, 1.807) is 6.20 Å². The van der Waals surface area contributed by atoms with Crippen LogP contribution in [-0.2, 0) is 0 Å². The van der Waals surface area contributed by atoms with Gasteiger partial charge in [-0.15, -0.1) is 12.4 Å². The van der Waals surface area contributed by atoms with Gasteiger partial charge in [0.15, 0.2) is 0 Å². The lowest BCUT2D eigenvalue weighted by Crippen LogP contribution is -2.38. The van der Waals surface area contributed by atoms with Gasteiger partial charge in [0.25, 0.3) is 0 Å². The lowest BCUT2D eigenvalue weighted by Gasteiger charge is -2.29. The molecule has 24 heavy (non-hydrogen) atoms. The first kappa shape index (κ1) is 19.2. The second kappa shape index (κ2) is 10.0. The van der Waals surface area contributed by atoms with Crippen molar-refractivity contribution in [3.63, 3.8) is 0 Å². The Morgan fingerprint density at radius 2 is 2.04 bits per heavy atom. The van der Waals surface area contributed by atoms with Crippen LogP contribution in [0.4, 0.5) is 5.95 Å². The molecule has 136 valence electrons. The zero-order valence-electron chi connectivity index (χ0n) is 14.6. The fourth-order valence-corrected chi connectivity index (χ4v) is 3.50. The standard InChI is InChI=1S/C17H29N5O.ClH/c1-2-23-16-6-9-19-17(20-16)22-11-3-10-21(12-13-22)14-15-4-7-18-8-5-15;/h6,9,15,18H,2-5,7-8,10-14H2,1H3;1H. The maximum absolute atomic E-state index is 5.50. The van der Waals surface area contributed by atoms with Crippen LogP contribution in [0.2, 0.25) is 0 Å². The highest BCUT2D eigenvalue weighted by atomic mass is 35.5.